The molecule has 0 amide bonds. The monoisotopic (exact) mass is 652 g/mol. The van der Waals surface area contributed by atoms with E-state index in [1.54, 1.807) is 72.8 Å². The SMILES string of the molecule is Cc1ccc(S(=O)(=O)N2C[C@H](Cc3ccc(OCc4ccccc4)cc3)N(S(=O)(=O)c3ccc(C)cc3)Cc3ccccc32)cc1. The van der Waals surface area contributed by atoms with E-state index < -0.39 is 26.1 Å². The van der Waals surface area contributed by atoms with Gasteiger partial charge in [-0.1, -0.05) is 96.1 Å². The van der Waals surface area contributed by atoms with E-state index in [0.717, 1.165) is 22.3 Å². The fourth-order valence-electron chi connectivity index (χ4n) is 5.66. The van der Waals surface area contributed by atoms with Crippen LogP contribution in [0.25, 0.3) is 0 Å². The highest BCUT2D eigenvalue weighted by atomic mass is 32.2. The number of hydrogen-bond donors (Lipinski definition) is 0. The van der Waals surface area contributed by atoms with E-state index in [9.17, 15) is 16.8 Å². The van der Waals surface area contributed by atoms with Gasteiger partial charge in [-0.2, -0.15) is 4.31 Å². The molecule has 7 nitrogen and oxygen atoms in total. The molecule has 5 aromatic carbocycles. The molecule has 9 heteroatoms. The summed E-state index contributed by atoms with van der Waals surface area (Å²) in [5.41, 5.74) is 4.89. The molecular weight excluding hydrogens is 617 g/mol. The predicted octanol–water partition coefficient (Wildman–Crippen LogP) is 6.89. The third kappa shape index (κ3) is 6.72. The van der Waals surface area contributed by atoms with Crippen LogP contribution in [0, 0.1) is 13.8 Å². The fourth-order valence-corrected chi connectivity index (χ4v) is 8.79. The largest absolute Gasteiger partial charge is 0.489 e. The first kappa shape index (κ1) is 31.5. The Morgan fingerprint density at radius 2 is 1.20 bits per heavy atom. The molecule has 6 rings (SSSR count). The normalized spacial score (nSPS) is 15.6. The van der Waals surface area contributed by atoms with Crippen molar-refractivity contribution >= 4 is 25.7 Å². The van der Waals surface area contributed by atoms with Crippen molar-refractivity contribution in [3.8, 4) is 5.75 Å². The number of nitrogens with zero attached hydrogens (tertiary/aromatic N) is 2. The van der Waals surface area contributed by atoms with Crippen LogP contribution in [0.1, 0.15) is 27.8 Å². The Balaban J connectivity index is 1.38. The average molecular weight is 653 g/mol. The summed E-state index contributed by atoms with van der Waals surface area (Å²) >= 11 is 0. The first-order valence-electron chi connectivity index (χ1n) is 15.1. The van der Waals surface area contributed by atoms with Crippen molar-refractivity contribution in [2.24, 2.45) is 0 Å². The Kier molecular flexibility index (Phi) is 8.99. The van der Waals surface area contributed by atoms with Gasteiger partial charge in [0, 0.05) is 12.6 Å². The summed E-state index contributed by atoms with van der Waals surface area (Å²) in [5.74, 6) is 0.689. The summed E-state index contributed by atoms with van der Waals surface area (Å²) in [4.78, 5) is 0.321. The molecule has 236 valence electrons. The van der Waals surface area contributed by atoms with Gasteiger partial charge in [0.25, 0.3) is 10.0 Å². The molecule has 0 unspecified atom stereocenters. The molecule has 0 radical (unpaired) electrons. The number of rotatable bonds is 9. The molecule has 0 N–H and O–H groups in total. The number of aryl methyl sites for hydroxylation is 2. The van der Waals surface area contributed by atoms with E-state index in [1.807, 2.05) is 68.4 Å². The van der Waals surface area contributed by atoms with Crippen molar-refractivity contribution in [3.63, 3.8) is 0 Å². The number of para-hydroxylation sites is 1. The maximum absolute atomic E-state index is 14.3. The summed E-state index contributed by atoms with van der Waals surface area (Å²) < 4.78 is 66.0. The van der Waals surface area contributed by atoms with Crippen LogP contribution in [0.5, 0.6) is 5.75 Å². The summed E-state index contributed by atoms with van der Waals surface area (Å²) in [6.45, 7) is 4.19. The van der Waals surface area contributed by atoms with Gasteiger partial charge in [-0.15, -0.1) is 0 Å². The van der Waals surface area contributed by atoms with Gasteiger partial charge in [0.05, 0.1) is 22.0 Å². The minimum atomic E-state index is -4.03. The number of sulfonamides is 2. The lowest BCUT2D eigenvalue weighted by Crippen LogP contribution is -2.47. The highest BCUT2D eigenvalue weighted by Crippen LogP contribution is 2.35. The maximum atomic E-state index is 14.3. The molecule has 0 saturated heterocycles. The number of hydrogen-bond acceptors (Lipinski definition) is 5. The van der Waals surface area contributed by atoms with E-state index in [-0.39, 0.29) is 29.3 Å². The van der Waals surface area contributed by atoms with Crippen LogP contribution in [0.2, 0.25) is 0 Å². The quantitative estimate of drug-likeness (QED) is 0.173. The summed E-state index contributed by atoms with van der Waals surface area (Å²) in [7, 11) is -8.04. The molecular formula is C37H36N2O5S2. The molecule has 1 aliphatic rings. The zero-order chi connectivity index (χ0) is 32.3. The lowest BCUT2D eigenvalue weighted by molar-refractivity contribution is 0.305. The van der Waals surface area contributed by atoms with Crippen LogP contribution >= 0.6 is 0 Å². The van der Waals surface area contributed by atoms with Crippen LogP contribution in [-0.4, -0.2) is 33.7 Å². The van der Waals surface area contributed by atoms with Gasteiger partial charge in [-0.25, -0.2) is 16.8 Å². The van der Waals surface area contributed by atoms with Crippen molar-refractivity contribution in [3.05, 3.63) is 155 Å². The molecule has 0 aromatic heterocycles. The van der Waals surface area contributed by atoms with E-state index in [2.05, 4.69) is 0 Å². The van der Waals surface area contributed by atoms with Crippen molar-refractivity contribution < 1.29 is 21.6 Å². The highest BCUT2D eigenvalue weighted by Gasteiger charge is 2.40. The maximum Gasteiger partial charge on any atom is 0.264 e. The molecule has 46 heavy (non-hydrogen) atoms. The van der Waals surface area contributed by atoms with Gasteiger partial charge < -0.3 is 4.74 Å². The topological polar surface area (TPSA) is 84.0 Å². The van der Waals surface area contributed by atoms with Crippen LogP contribution < -0.4 is 9.04 Å². The highest BCUT2D eigenvalue weighted by molar-refractivity contribution is 7.92. The Hall–Kier alpha value is -4.44. The van der Waals surface area contributed by atoms with Crippen LogP contribution in [0.15, 0.2) is 137 Å². The van der Waals surface area contributed by atoms with Crippen molar-refractivity contribution in [2.45, 2.75) is 49.3 Å². The van der Waals surface area contributed by atoms with E-state index in [1.165, 1.54) is 8.61 Å². The van der Waals surface area contributed by atoms with Crippen LogP contribution in [0.4, 0.5) is 5.69 Å². The van der Waals surface area contributed by atoms with Gasteiger partial charge in [-0.3, -0.25) is 4.31 Å². The molecule has 0 aliphatic carbocycles. The van der Waals surface area contributed by atoms with Gasteiger partial charge in [0.2, 0.25) is 10.0 Å². The second-order valence-electron chi connectivity index (χ2n) is 11.6. The molecule has 0 spiro atoms. The van der Waals surface area contributed by atoms with Crippen molar-refractivity contribution in [2.75, 3.05) is 10.8 Å². The Morgan fingerprint density at radius 1 is 0.630 bits per heavy atom. The molecule has 0 fully saturated rings. The first-order valence-corrected chi connectivity index (χ1v) is 18.0. The van der Waals surface area contributed by atoms with E-state index >= 15 is 0 Å². The first-order chi connectivity index (χ1) is 22.1. The van der Waals surface area contributed by atoms with E-state index in [0.29, 0.717) is 23.6 Å². The Bertz CT molecular complexity index is 2010. The lowest BCUT2D eigenvalue weighted by atomic mass is 10.1. The molecule has 1 heterocycles. The molecule has 0 bridgehead atoms. The average Bonchev–Trinajstić information content (AvgIpc) is 3.23. The minimum Gasteiger partial charge on any atom is -0.489 e. The minimum absolute atomic E-state index is 0.0231. The molecule has 1 atom stereocenters. The second-order valence-corrected chi connectivity index (χ2v) is 15.4. The van der Waals surface area contributed by atoms with Gasteiger partial charge in [-0.05, 0) is 79.4 Å². The van der Waals surface area contributed by atoms with Crippen LogP contribution in [0.3, 0.4) is 0 Å². The molecule has 0 saturated carbocycles. The third-order valence-corrected chi connectivity index (χ3v) is 12.0. The van der Waals surface area contributed by atoms with E-state index in [4.69, 9.17) is 4.74 Å². The number of anilines is 1. The molecule has 1 aliphatic heterocycles. The van der Waals surface area contributed by atoms with Crippen molar-refractivity contribution in [1.82, 2.24) is 4.31 Å². The summed E-state index contributed by atoms with van der Waals surface area (Å²) in [6.07, 6.45) is 0.290. The zero-order valence-electron chi connectivity index (χ0n) is 25.8. The Morgan fingerprint density at radius 3 is 1.83 bits per heavy atom. The number of benzene rings is 5. The predicted molar refractivity (Wildman–Crippen MR) is 181 cm³/mol. The van der Waals surface area contributed by atoms with Crippen molar-refractivity contribution in [1.29, 1.82) is 0 Å². The molecule has 5 aromatic rings. The fraction of sp³-hybridized carbons (Fsp3) is 0.189. The Labute approximate surface area is 271 Å². The number of ether oxygens (including phenoxy) is 1. The lowest BCUT2D eigenvalue weighted by Gasteiger charge is -2.32. The third-order valence-electron chi connectivity index (χ3n) is 8.25. The van der Waals surface area contributed by atoms with Gasteiger partial charge in [0.1, 0.15) is 12.4 Å². The second kappa shape index (κ2) is 13.1. The van der Waals surface area contributed by atoms with Gasteiger partial charge >= 0.3 is 0 Å². The van der Waals surface area contributed by atoms with Crippen LogP contribution in [-0.2, 0) is 39.6 Å². The van der Waals surface area contributed by atoms with Gasteiger partial charge in [0.15, 0.2) is 0 Å². The zero-order valence-corrected chi connectivity index (χ0v) is 27.4. The standard InChI is InChI=1S/C37H36N2O5S2/c1-28-12-20-35(21-13-28)45(40,41)38-25-32-10-6-7-11-37(32)39(46(42,43)36-22-14-29(2)15-23-36)26-33(38)24-30-16-18-34(19-17-30)44-27-31-8-4-3-5-9-31/h3-23,33H,24-27H2,1-2H3/t33-/m0/s1. The summed E-state index contributed by atoms with van der Waals surface area (Å²) in [5, 5.41) is 0. The smallest absolute Gasteiger partial charge is 0.264 e. The number of fused-ring (bicyclic) bond motifs is 1. The summed E-state index contributed by atoms with van der Waals surface area (Å²) in [6, 6.07) is 37.4.